The first kappa shape index (κ1) is 14.4. The molecule has 1 heterocycles. The molecule has 0 amide bonds. The topological polar surface area (TPSA) is 22.1 Å². The van der Waals surface area contributed by atoms with E-state index >= 15 is 0 Å². The Balaban J connectivity index is 1.97. The van der Waals surface area contributed by atoms with Gasteiger partial charge in [-0.2, -0.15) is 0 Å². The van der Waals surface area contributed by atoms with Gasteiger partial charge in [0.05, 0.1) is 5.52 Å². The second-order valence-corrected chi connectivity index (χ2v) is 5.43. The summed E-state index contributed by atoms with van der Waals surface area (Å²) in [5.74, 6) is -1.40. The Morgan fingerprint density at radius 1 is 1.00 bits per heavy atom. The molecule has 2 nitrogen and oxygen atoms in total. The van der Waals surface area contributed by atoms with Crippen LogP contribution in [0.3, 0.4) is 0 Å². The Morgan fingerprint density at radius 3 is 2.41 bits per heavy atom. The van der Waals surface area contributed by atoms with Crippen molar-refractivity contribution in [1.29, 1.82) is 0 Å². The van der Waals surface area contributed by atoms with Crippen LogP contribution >= 0.6 is 0 Å². The van der Waals surface area contributed by atoms with E-state index in [9.17, 15) is 8.78 Å². The maximum Gasteiger partial charge on any atom is 0.198 e. The van der Waals surface area contributed by atoms with Crippen molar-refractivity contribution in [3.8, 4) is 11.5 Å². The van der Waals surface area contributed by atoms with Crippen LogP contribution in [0.5, 0.6) is 11.5 Å². The molecule has 0 saturated carbocycles. The minimum absolute atomic E-state index is 0.0444. The van der Waals surface area contributed by atoms with E-state index in [1.807, 2.05) is 26.0 Å². The normalized spacial score (nSPS) is 11.1. The van der Waals surface area contributed by atoms with E-state index in [4.69, 9.17) is 4.74 Å². The molecule has 0 spiro atoms. The Labute approximate surface area is 127 Å². The van der Waals surface area contributed by atoms with Crippen LogP contribution in [0.25, 0.3) is 10.9 Å². The summed E-state index contributed by atoms with van der Waals surface area (Å²) < 4.78 is 33.6. The van der Waals surface area contributed by atoms with Gasteiger partial charge in [0.1, 0.15) is 5.75 Å². The maximum absolute atomic E-state index is 14.1. The van der Waals surface area contributed by atoms with Gasteiger partial charge in [-0.3, -0.25) is 4.98 Å². The number of rotatable bonds is 3. The number of halogens is 2. The molecule has 0 N–H and O–H groups in total. The Kier molecular flexibility index (Phi) is 3.75. The summed E-state index contributed by atoms with van der Waals surface area (Å²) >= 11 is 0. The van der Waals surface area contributed by atoms with E-state index in [1.54, 1.807) is 24.4 Å². The predicted molar refractivity (Wildman–Crippen MR) is 82.3 cm³/mol. The van der Waals surface area contributed by atoms with Gasteiger partial charge >= 0.3 is 0 Å². The summed E-state index contributed by atoms with van der Waals surface area (Å²) in [5.41, 5.74) is 1.31. The predicted octanol–water partition coefficient (Wildman–Crippen LogP) is 5.43. The van der Waals surface area contributed by atoms with E-state index in [0.29, 0.717) is 16.8 Å². The fourth-order valence-corrected chi connectivity index (χ4v) is 2.24. The highest BCUT2D eigenvalue weighted by molar-refractivity contribution is 5.79. The Hall–Kier alpha value is -2.49. The van der Waals surface area contributed by atoms with E-state index in [0.717, 1.165) is 5.39 Å². The first-order valence-corrected chi connectivity index (χ1v) is 7.06. The van der Waals surface area contributed by atoms with Crippen molar-refractivity contribution in [2.75, 3.05) is 0 Å². The third-order valence-corrected chi connectivity index (χ3v) is 3.48. The highest BCUT2D eigenvalue weighted by Crippen LogP contribution is 2.31. The van der Waals surface area contributed by atoms with Gasteiger partial charge in [0.25, 0.3) is 0 Å². The van der Waals surface area contributed by atoms with Gasteiger partial charge in [-0.05, 0) is 41.8 Å². The van der Waals surface area contributed by atoms with Gasteiger partial charge in [-0.15, -0.1) is 0 Å². The average Bonchev–Trinajstić information content (AvgIpc) is 2.50. The van der Waals surface area contributed by atoms with Crippen LogP contribution in [0, 0.1) is 11.6 Å². The smallest absolute Gasteiger partial charge is 0.198 e. The molecule has 2 aromatic carbocycles. The van der Waals surface area contributed by atoms with Crippen molar-refractivity contribution in [2.45, 2.75) is 19.8 Å². The zero-order valence-electron chi connectivity index (χ0n) is 12.3. The first-order valence-electron chi connectivity index (χ1n) is 7.06. The van der Waals surface area contributed by atoms with Crippen molar-refractivity contribution in [3.05, 3.63) is 65.9 Å². The molecule has 0 fully saturated rings. The van der Waals surface area contributed by atoms with Gasteiger partial charge in [-0.25, -0.2) is 8.78 Å². The Bertz CT molecular complexity index is 807. The van der Waals surface area contributed by atoms with Crippen LogP contribution in [0.4, 0.5) is 8.78 Å². The van der Waals surface area contributed by atoms with Crippen molar-refractivity contribution in [1.82, 2.24) is 4.98 Å². The summed E-state index contributed by atoms with van der Waals surface area (Å²) in [6.07, 6.45) is 1.66. The quantitative estimate of drug-likeness (QED) is 0.643. The molecule has 0 unspecified atom stereocenters. The summed E-state index contributed by atoms with van der Waals surface area (Å²) in [4.78, 5) is 4.20. The lowest BCUT2D eigenvalue weighted by molar-refractivity contribution is 0.406. The first-order chi connectivity index (χ1) is 10.5. The number of hydrogen-bond acceptors (Lipinski definition) is 2. The number of nitrogens with zero attached hydrogens (tertiary/aromatic N) is 1. The molecular weight excluding hydrogens is 284 g/mol. The molecule has 1 aromatic heterocycles. The number of ether oxygens (including phenoxy) is 1. The largest absolute Gasteiger partial charge is 0.451 e. The van der Waals surface area contributed by atoms with Crippen LogP contribution in [0.2, 0.25) is 0 Å². The molecule has 3 aromatic rings. The van der Waals surface area contributed by atoms with Crippen molar-refractivity contribution in [3.63, 3.8) is 0 Å². The lowest BCUT2D eigenvalue weighted by atomic mass is 10.0. The minimum atomic E-state index is -0.704. The van der Waals surface area contributed by atoms with Gasteiger partial charge in [0, 0.05) is 17.6 Å². The SMILES string of the molecule is CC(C)c1cc(F)c(Oc2ccc3cccnc3c2)c(F)c1. The number of aromatic nitrogens is 1. The highest BCUT2D eigenvalue weighted by Gasteiger charge is 2.15. The molecule has 22 heavy (non-hydrogen) atoms. The summed E-state index contributed by atoms with van der Waals surface area (Å²) in [5, 5.41) is 0.936. The average molecular weight is 299 g/mol. The molecule has 0 radical (unpaired) electrons. The van der Waals surface area contributed by atoms with Crippen LogP contribution < -0.4 is 4.74 Å². The van der Waals surface area contributed by atoms with Crippen LogP contribution in [-0.4, -0.2) is 4.98 Å². The van der Waals surface area contributed by atoms with Gasteiger partial charge in [-0.1, -0.05) is 19.9 Å². The van der Waals surface area contributed by atoms with Gasteiger partial charge in [0.15, 0.2) is 17.4 Å². The Morgan fingerprint density at radius 2 is 1.73 bits per heavy atom. The lowest BCUT2D eigenvalue weighted by Crippen LogP contribution is -1.97. The summed E-state index contributed by atoms with van der Waals surface area (Å²) in [6, 6.07) is 11.5. The number of hydrogen-bond donors (Lipinski definition) is 0. The molecule has 0 aliphatic carbocycles. The van der Waals surface area contributed by atoms with E-state index in [1.165, 1.54) is 12.1 Å². The zero-order valence-corrected chi connectivity index (χ0v) is 12.3. The molecule has 0 bridgehead atoms. The fraction of sp³-hybridized carbons (Fsp3) is 0.167. The second kappa shape index (κ2) is 5.72. The molecule has 3 rings (SSSR count). The van der Waals surface area contributed by atoms with Crippen LogP contribution in [0.15, 0.2) is 48.7 Å². The van der Waals surface area contributed by atoms with Crippen LogP contribution in [0.1, 0.15) is 25.3 Å². The third kappa shape index (κ3) is 2.77. The molecule has 112 valence electrons. The third-order valence-electron chi connectivity index (χ3n) is 3.48. The van der Waals surface area contributed by atoms with Gasteiger partial charge in [0.2, 0.25) is 0 Å². The summed E-state index contributed by atoms with van der Waals surface area (Å²) in [7, 11) is 0. The maximum atomic E-state index is 14.1. The highest BCUT2D eigenvalue weighted by atomic mass is 19.1. The minimum Gasteiger partial charge on any atom is -0.451 e. The van der Waals surface area contributed by atoms with Crippen LogP contribution in [-0.2, 0) is 0 Å². The molecule has 0 atom stereocenters. The van der Waals surface area contributed by atoms with Gasteiger partial charge < -0.3 is 4.74 Å². The number of fused-ring (bicyclic) bond motifs is 1. The van der Waals surface area contributed by atoms with Crippen molar-refractivity contribution < 1.29 is 13.5 Å². The zero-order chi connectivity index (χ0) is 15.7. The monoisotopic (exact) mass is 299 g/mol. The fourth-order valence-electron chi connectivity index (χ4n) is 2.24. The van der Waals surface area contributed by atoms with E-state index in [-0.39, 0.29) is 11.7 Å². The lowest BCUT2D eigenvalue weighted by Gasteiger charge is -2.12. The summed E-state index contributed by atoms with van der Waals surface area (Å²) in [6.45, 7) is 3.76. The molecule has 0 aliphatic rings. The van der Waals surface area contributed by atoms with E-state index < -0.39 is 11.6 Å². The second-order valence-electron chi connectivity index (χ2n) is 5.43. The molecular formula is C18H15F2NO. The van der Waals surface area contributed by atoms with E-state index in [2.05, 4.69) is 4.98 Å². The standard InChI is InChI=1S/C18H15F2NO/c1-11(2)13-8-15(19)18(16(20)9-13)22-14-6-5-12-4-3-7-21-17(12)10-14/h3-11H,1-2H3. The molecule has 4 heteroatoms. The number of benzene rings is 2. The van der Waals surface area contributed by atoms with Crippen molar-refractivity contribution >= 4 is 10.9 Å². The molecule has 0 aliphatic heterocycles. The van der Waals surface area contributed by atoms with Crippen molar-refractivity contribution in [2.24, 2.45) is 0 Å². The number of pyridine rings is 1. The molecule has 0 saturated heterocycles.